The largest absolute Gasteiger partial charge is 0.508 e. The molecule has 1 radical (unpaired) electrons. The van der Waals surface area contributed by atoms with Crippen molar-refractivity contribution in [1.29, 1.82) is 0 Å². The molecule has 0 aliphatic carbocycles. The molecule has 0 amide bonds. The third-order valence-corrected chi connectivity index (χ3v) is 1.67. The standard InChI is InChI=1S/C8H8NO3/c1-5-3-7(10)4-8(6(5)2)9(11)12/h3-4,10H,1H2,2H3. The van der Waals surface area contributed by atoms with Gasteiger partial charge in [0.1, 0.15) is 5.75 Å². The molecule has 0 saturated heterocycles. The maximum absolute atomic E-state index is 10.4. The van der Waals surface area contributed by atoms with Crippen LogP contribution in [0.3, 0.4) is 0 Å². The van der Waals surface area contributed by atoms with E-state index >= 15 is 0 Å². The first-order chi connectivity index (χ1) is 5.52. The SMILES string of the molecule is [CH2]c1cc(O)cc([N+](=O)[O-])c1C. The van der Waals surface area contributed by atoms with Gasteiger partial charge in [-0.3, -0.25) is 10.1 Å². The zero-order valence-electron chi connectivity index (χ0n) is 6.57. The second-order valence-corrected chi connectivity index (χ2v) is 2.51. The first-order valence-corrected chi connectivity index (χ1v) is 3.32. The Morgan fingerprint density at radius 2 is 2.17 bits per heavy atom. The molecule has 0 aliphatic heterocycles. The molecule has 1 rings (SSSR count). The van der Waals surface area contributed by atoms with E-state index in [1.165, 1.54) is 6.07 Å². The van der Waals surface area contributed by atoms with Crippen LogP contribution in [0.25, 0.3) is 0 Å². The lowest BCUT2D eigenvalue weighted by Gasteiger charge is -2.01. The van der Waals surface area contributed by atoms with Crippen LogP contribution >= 0.6 is 0 Å². The van der Waals surface area contributed by atoms with Crippen molar-refractivity contribution in [3.05, 3.63) is 40.3 Å². The minimum absolute atomic E-state index is 0.0972. The topological polar surface area (TPSA) is 63.4 Å². The Balaban J connectivity index is 3.37. The number of aromatic hydroxyl groups is 1. The lowest BCUT2D eigenvalue weighted by molar-refractivity contribution is -0.385. The Bertz CT molecular complexity index is 333. The number of phenolic OH excluding ortho intramolecular Hbond substituents is 1. The van der Waals surface area contributed by atoms with Gasteiger partial charge < -0.3 is 5.11 Å². The van der Waals surface area contributed by atoms with Crippen LogP contribution in [0, 0.1) is 24.0 Å². The predicted octanol–water partition coefficient (Wildman–Crippen LogP) is 1.79. The van der Waals surface area contributed by atoms with E-state index in [9.17, 15) is 10.1 Å². The smallest absolute Gasteiger partial charge is 0.276 e. The van der Waals surface area contributed by atoms with Gasteiger partial charge in [0.25, 0.3) is 5.69 Å². The highest BCUT2D eigenvalue weighted by atomic mass is 16.6. The summed E-state index contributed by atoms with van der Waals surface area (Å²) in [5, 5.41) is 19.4. The van der Waals surface area contributed by atoms with Crippen LogP contribution in [0.1, 0.15) is 11.1 Å². The Labute approximate surface area is 69.6 Å². The maximum atomic E-state index is 10.4. The summed E-state index contributed by atoms with van der Waals surface area (Å²) in [5.74, 6) is -0.127. The molecule has 1 N–H and O–H groups in total. The molecule has 0 aromatic heterocycles. The Kier molecular flexibility index (Phi) is 1.99. The number of hydrogen-bond donors (Lipinski definition) is 1. The highest BCUT2D eigenvalue weighted by molar-refractivity contribution is 5.50. The van der Waals surface area contributed by atoms with Crippen molar-refractivity contribution >= 4 is 5.69 Å². The molecule has 4 nitrogen and oxygen atoms in total. The number of nitrogens with zero attached hydrogens (tertiary/aromatic N) is 1. The Morgan fingerprint density at radius 1 is 1.58 bits per heavy atom. The molecule has 0 bridgehead atoms. The summed E-state index contributed by atoms with van der Waals surface area (Å²) >= 11 is 0. The third-order valence-electron chi connectivity index (χ3n) is 1.67. The zero-order chi connectivity index (χ0) is 9.30. The average molecular weight is 166 g/mol. The molecule has 0 heterocycles. The van der Waals surface area contributed by atoms with E-state index in [-0.39, 0.29) is 11.4 Å². The second kappa shape index (κ2) is 2.81. The van der Waals surface area contributed by atoms with E-state index in [4.69, 9.17) is 5.11 Å². The molecule has 0 fully saturated rings. The van der Waals surface area contributed by atoms with E-state index in [2.05, 4.69) is 6.92 Å². The van der Waals surface area contributed by atoms with Gasteiger partial charge in [-0.25, -0.2) is 0 Å². The molecule has 0 saturated carbocycles. The number of rotatable bonds is 1. The highest BCUT2D eigenvalue weighted by Crippen LogP contribution is 2.26. The number of hydrogen-bond acceptors (Lipinski definition) is 3. The van der Waals surface area contributed by atoms with E-state index in [0.717, 1.165) is 6.07 Å². The van der Waals surface area contributed by atoms with Gasteiger partial charge in [0.2, 0.25) is 0 Å². The fraction of sp³-hybridized carbons (Fsp3) is 0.125. The zero-order valence-corrected chi connectivity index (χ0v) is 6.57. The van der Waals surface area contributed by atoms with Gasteiger partial charge in [0, 0.05) is 5.56 Å². The fourth-order valence-electron chi connectivity index (χ4n) is 0.931. The van der Waals surface area contributed by atoms with Crippen LogP contribution in [0.4, 0.5) is 5.69 Å². The third kappa shape index (κ3) is 1.37. The fourth-order valence-corrected chi connectivity index (χ4v) is 0.931. The lowest BCUT2D eigenvalue weighted by Crippen LogP contribution is -1.93. The molecule has 1 aromatic carbocycles. The van der Waals surface area contributed by atoms with Crippen molar-refractivity contribution < 1.29 is 10.0 Å². The second-order valence-electron chi connectivity index (χ2n) is 2.51. The number of benzene rings is 1. The van der Waals surface area contributed by atoms with Gasteiger partial charge >= 0.3 is 0 Å². The van der Waals surface area contributed by atoms with Crippen LogP contribution in [0.2, 0.25) is 0 Å². The molecule has 0 aliphatic rings. The van der Waals surface area contributed by atoms with Gasteiger partial charge in [-0.15, -0.1) is 0 Å². The number of phenols is 1. The van der Waals surface area contributed by atoms with Gasteiger partial charge in [-0.1, -0.05) is 0 Å². The Morgan fingerprint density at radius 3 is 2.67 bits per heavy atom. The summed E-state index contributed by atoms with van der Waals surface area (Å²) in [6.45, 7) is 5.16. The summed E-state index contributed by atoms with van der Waals surface area (Å²) in [6, 6.07) is 2.51. The average Bonchev–Trinajstić information content (AvgIpc) is 1.96. The molecule has 0 atom stereocenters. The molecule has 0 unspecified atom stereocenters. The summed E-state index contributed by atoms with van der Waals surface area (Å²) in [4.78, 5) is 9.85. The highest BCUT2D eigenvalue weighted by Gasteiger charge is 2.13. The molecular formula is C8H8NO3. The lowest BCUT2D eigenvalue weighted by atomic mass is 10.1. The van der Waals surface area contributed by atoms with Crippen molar-refractivity contribution in [2.75, 3.05) is 0 Å². The molecule has 4 heteroatoms. The summed E-state index contributed by atoms with van der Waals surface area (Å²) < 4.78 is 0. The van der Waals surface area contributed by atoms with E-state index < -0.39 is 4.92 Å². The first kappa shape index (κ1) is 8.52. The summed E-state index contributed by atoms with van der Waals surface area (Å²) in [6.07, 6.45) is 0. The minimum atomic E-state index is -0.538. The summed E-state index contributed by atoms with van der Waals surface area (Å²) in [5.41, 5.74) is 0.861. The van der Waals surface area contributed by atoms with E-state index in [1.54, 1.807) is 6.92 Å². The number of nitro groups is 1. The molecule has 12 heavy (non-hydrogen) atoms. The Hall–Kier alpha value is -1.58. The van der Waals surface area contributed by atoms with Crippen molar-refractivity contribution in [3.63, 3.8) is 0 Å². The maximum Gasteiger partial charge on any atom is 0.276 e. The molecule has 0 spiro atoms. The van der Waals surface area contributed by atoms with Crippen molar-refractivity contribution in [3.8, 4) is 5.75 Å². The normalized spacial score (nSPS) is 9.83. The minimum Gasteiger partial charge on any atom is -0.508 e. The van der Waals surface area contributed by atoms with Crippen molar-refractivity contribution in [1.82, 2.24) is 0 Å². The van der Waals surface area contributed by atoms with Crippen molar-refractivity contribution in [2.45, 2.75) is 6.92 Å². The monoisotopic (exact) mass is 166 g/mol. The van der Waals surface area contributed by atoms with Gasteiger partial charge in [0.15, 0.2) is 0 Å². The van der Waals surface area contributed by atoms with Gasteiger partial charge in [0.05, 0.1) is 11.0 Å². The number of nitro benzene ring substituents is 1. The van der Waals surface area contributed by atoms with Crippen LogP contribution < -0.4 is 0 Å². The quantitative estimate of drug-likeness (QED) is 0.511. The molecule has 1 aromatic rings. The van der Waals surface area contributed by atoms with E-state index in [1.807, 2.05) is 0 Å². The van der Waals surface area contributed by atoms with Crippen LogP contribution in [-0.4, -0.2) is 10.0 Å². The molecular weight excluding hydrogens is 158 g/mol. The first-order valence-electron chi connectivity index (χ1n) is 3.32. The van der Waals surface area contributed by atoms with Crippen molar-refractivity contribution in [2.24, 2.45) is 0 Å². The van der Waals surface area contributed by atoms with Gasteiger partial charge in [-0.05, 0) is 25.5 Å². The summed E-state index contributed by atoms with van der Waals surface area (Å²) in [7, 11) is 0. The van der Waals surface area contributed by atoms with Gasteiger partial charge in [-0.2, -0.15) is 0 Å². The molecule has 63 valence electrons. The van der Waals surface area contributed by atoms with Crippen LogP contribution in [-0.2, 0) is 0 Å². The van der Waals surface area contributed by atoms with Crippen LogP contribution in [0.15, 0.2) is 12.1 Å². The van der Waals surface area contributed by atoms with Crippen LogP contribution in [0.5, 0.6) is 5.75 Å². The predicted molar refractivity (Wildman–Crippen MR) is 44.0 cm³/mol. The van der Waals surface area contributed by atoms with E-state index in [0.29, 0.717) is 11.1 Å².